The molecule has 0 unspecified atom stereocenters. The van der Waals surface area contributed by atoms with Crippen molar-refractivity contribution in [1.82, 2.24) is 19.7 Å². The van der Waals surface area contributed by atoms with Crippen LogP contribution in [0.2, 0.25) is 0 Å². The van der Waals surface area contributed by atoms with E-state index in [4.69, 9.17) is 0 Å². The molecule has 0 bridgehead atoms. The van der Waals surface area contributed by atoms with Gasteiger partial charge in [0.25, 0.3) is 5.56 Å². The highest BCUT2D eigenvalue weighted by molar-refractivity contribution is 7.09. The van der Waals surface area contributed by atoms with Crippen LogP contribution < -0.4 is 10.9 Å². The number of amides is 1. The van der Waals surface area contributed by atoms with Gasteiger partial charge in [-0.2, -0.15) is 5.10 Å². The molecule has 0 spiro atoms. The topological polar surface area (TPSA) is 68.9 Å². The summed E-state index contributed by atoms with van der Waals surface area (Å²) in [6, 6.07) is 10.4. The lowest BCUT2D eigenvalue weighted by molar-refractivity contribution is -0.122. The zero-order chi connectivity index (χ0) is 21.3. The van der Waals surface area contributed by atoms with E-state index >= 15 is 0 Å². The van der Waals surface area contributed by atoms with Crippen LogP contribution in [0, 0.1) is 19.7 Å². The lowest BCUT2D eigenvalue weighted by atomic mass is 10.2. The molecule has 4 rings (SSSR count). The van der Waals surface area contributed by atoms with E-state index in [1.54, 1.807) is 35.7 Å². The average Bonchev–Trinajstić information content (AvgIpc) is 3.33. The monoisotopic (exact) mass is 424 g/mol. The number of nitrogens with zero attached hydrogens (tertiary/aromatic N) is 3. The molecule has 6 nitrogen and oxygen atoms in total. The fourth-order valence-corrected chi connectivity index (χ4v) is 4.23. The van der Waals surface area contributed by atoms with Gasteiger partial charge in [0.2, 0.25) is 5.91 Å². The van der Waals surface area contributed by atoms with Crippen molar-refractivity contribution >= 4 is 28.0 Å². The number of thiophene rings is 1. The van der Waals surface area contributed by atoms with Gasteiger partial charge in [0.1, 0.15) is 12.4 Å². The van der Waals surface area contributed by atoms with E-state index in [9.17, 15) is 14.0 Å². The first-order chi connectivity index (χ1) is 14.5. The molecule has 1 aromatic carbocycles. The van der Waals surface area contributed by atoms with E-state index in [1.165, 1.54) is 10.7 Å². The first kappa shape index (κ1) is 20.0. The third kappa shape index (κ3) is 3.78. The predicted molar refractivity (Wildman–Crippen MR) is 115 cm³/mol. The van der Waals surface area contributed by atoms with E-state index in [2.05, 4.69) is 10.4 Å². The first-order valence-electron chi connectivity index (χ1n) is 9.53. The molecule has 3 heterocycles. The number of nitrogens with one attached hydrogen (secondary N) is 1. The summed E-state index contributed by atoms with van der Waals surface area (Å²) in [5.74, 6) is -0.565. The van der Waals surface area contributed by atoms with Crippen molar-refractivity contribution in [3.63, 3.8) is 0 Å². The van der Waals surface area contributed by atoms with Crippen LogP contribution >= 0.6 is 11.3 Å². The second-order valence-corrected chi connectivity index (χ2v) is 8.13. The van der Waals surface area contributed by atoms with E-state index < -0.39 is 0 Å². The molecule has 30 heavy (non-hydrogen) atoms. The van der Waals surface area contributed by atoms with Crippen LogP contribution in [0.5, 0.6) is 0 Å². The van der Waals surface area contributed by atoms with E-state index in [-0.39, 0.29) is 23.8 Å². The molecule has 8 heteroatoms. The number of rotatable bonds is 6. The van der Waals surface area contributed by atoms with Gasteiger partial charge in [-0.3, -0.25) is 9.59 Å². The molecule has 154 valence electrons. The highest BCUT2D eigenvalue weighted by Gasteiger charge is 2.18. The van der Waals surface area contributed by atoms with Crippen LogP contribution in [0.1, 0.15) is 21.8 Å². The normalized spacial score (nSPS) is 11.2. The van der Waals surface area contributed by atoms with Crippen molar-refractivity contribution in [2.45, 2.75) is 33.5 Å². The lowest BCUT2D eigenvalue weighted by Gasteiger charge is -2.10. The highest BCUT2D eigenvalue weighted by atomic mass is 32.1. The van der Waals surface area contributed by atoms with Gasteiger partial charge in [0.05, 0.1) is 24.7 Å². The Morgan fingerprint density at radius 3 is 2.70 bits per heavy atom. The van der Waals surface area contributed by atoms with Gasteiger partial charge in [0, 0.05) is 27.2 Å². The maximum atomic E-state index is 14.1. The van der Waals surface area contributed by atoms with Gasteiger partial charge < -0.3 is 9.88 Å². The fourth-order valence-electron chi connectivity index (χ4n) is 3.58. The minimum Gasteiger partial charge on any atom is -0.350 e. The molecule has 0 atom stereocenters. The van der Waals surface area contributed by atoms with Crippen LogP contribution in [0.25, 0.3) is 10.8 Å². The third-order valence-electron chi connectivity index (χ3n) is 5.22. The van der Waals surface area contributed by atoms with Gasteiger partial charge in [-0.05, 0) is 31.4 Å². The number of halogens is 1. The highest BCUT2D eigenvalue weighted by Crippen LogP contribution is 2.23. The standard InChI is InChI=1S/C22H21FN4O2S/c1-14-18-11-25-27(13-20(28)24-10-17-7-5-9-30-17)22(29)21(18)15(2)26(14)12-16-6-3-4-8-19(16)23/h3-9,11H,10,12-13H2,1-2H3,(H,24,28). The molecule has 4 aromatic rings. The summed E-state index contributed by atoms with van der Waals surface area (Å²) in [6.45, 7) is 4.30. The van der Waals surface area contributed by atoms with Gasteiger partial charge in [-0.25, -0.2) is 9.07 Å². The summed E-state index contributed by atoms with van der Waals surface area (Å²) in [5.41, 5.74) is 1.78. The van der Waals surface area contributed by atoms with Crippen LogP contribution in [0.4, 0.5) is 4.39 Å². The first-order valence-corrected chi connectivity index (χ1v) is 10.4. The minimum absolute atomic E-state index is 0.156. The second-order valence-electron chi connectivity index (χ2n) is 7.10. The zero-order valence-electron chi connectivity index (χ0n) is 16.7. The molecular weight excluding hydrogens is 403 g/mol. The average molecular weight is 425 g/mol. The number of aryl methyl sites for hydroxylation is 2. The number of hydrogen-bond acceptors (Lipinski definition) is 4. The Kier molecular flexibility index (Phi) is 5.50. The van der Waals surface area contributed by atoms with Gasteiger partial charge in [0.15, 0.2) is 0 Å². The van der Waals surface area contributed by atoms with Crippen LogP contribution in [-0.4, -0.2) is 20.3 Å². The van der Waals surface area contributed by atoms with Crippen molar-refractivity contribution in [2.24, 2.45) is 0 Å². The Bertz CT molecular complexity index is 1270. The van der Waals surface area contributed by atoms with Crippen molar-refractivity contribution in [3.8, 4) is 0 Å². The van der Waals surface area contributed by atoms with Crippen molar-refractivity contribution in [3.05, 3.63) is 86.0 Å². The largest absolute Gasteiger partial charge is 0.350 e. The summed E-state index contributed by atoms with van der Waals surface area (Å²) in [6.07, 6.45) is 1.60. The van der Waals surface area contributed by atoms with E-state index in [0.29, 0.717) is 29.4 Å². The SMILES string of the molecule is Cc1c2cnn(CC(=O)NCc3cccs3)c(=O)c2c(C)n1Cc1ccccc1F. The predicted octanol–water partition coefficient (Wildman–Crippen LogP) is 3.38. The number of hydrogen-bond donors (Lipinski definition) is 1. The summed E-state index contributed by atoms with van der Waals surface area (Å²) in [5, 5.41) is 10.2. The lowest BCUT2D eigenvalue weighted by Crippen LogP contribution is -2.33. The second kappa shape index (κ2) is 8.23. The summed E-state index contributed by atoms with van der Waals surface area (Å²) in [4.78, 5) is 26.4. The Hall–Kier alpha value is -3.26. The number of benzene rings is 1. The molecule has 0 saturated heterocycles. The Labute approximate surface area is 176 Å². The fraction of sp³-hybridized carbons (Fsp3) is 0.227. The van der Waals surface area contributed by atoms with Gasteiger partial charge in [-0.1, -0.05) is 24.3 Å². The molecule has 0 aliphatic heterocycles. The Morgan fingerprint density at radius 1 is 1.17 bits per heavy atom. The third-order valence-corrected chi connectivity index (χ3v) is 6.10. The smallest absolute Gasteiger partial charge is 0.276 e. The summed E-state index contributed by atoms with van der Waals surface area (Å²) < 4.78 is 17.2. The molecule has 0 fully saturated rings. The van der Waals surface area contributed by atoms with Crippen LogP contribution in [0.3, 0.4) is 0 Å². The van der Waals surface area contributed by atoms with Crippen molar-refractivity contribution in [1.29, 1.82) is 0 Å². The van der Waals surface area contributed by atoms with Crippen molar-refractivity contribution < 1.29 is 9.18 Å². The summed E-state index contributed by atoms with van der Waals surface area (Å²) in [7, 11) is 0. The number of fused-ring (bicyclic) bond motifs is 1. The van der Waals surface area contributed by atoms with Crippen LogP contribution in [0.15, 0.2) is 52.8 Å². The maximum absolute atomic E-state index is 14.1. The summed E-state index contributed by atoms with van der Waals surface area (Å²) >= 11 is 1.56. The molecule has 0 aliphatic carbocycles. The maximum Gasteiger partial charge on any atom is 0.276 e. The number of carbonyl (C=O) groups excluding carboxylic acids is 1. The van der Waals surface area contributed by atoms with Crippen molar-refractivity contribution in [2.75, 3.05) is 0 Å². The van der Waals surface area contributed by atoms with Gasteiger partial charge >= 0.3 is 0 Å². The molecule has 1 amide bonds. The molecule has 0 radical (unpaired) electrons. The molecule has 1 N–H and O–H groups in total. The zero-order valence-corrected chi connectivity index (χ0v) is 17.5. The molecular formula is C22H21FN4O2S. The van der Waals surface area contributed by atoms with Gasteiger partial charge in [-0.15, -0.1) is 11.3 Å². The Morgan fingerprint density at radius 2 is 1.97 bits per heavy atom. The molecule has 0 saturated carbocycles. The molecule has 0 aliphatic rings. The molecule has 3 aromatic heterocycles. The Balaban J connectivity index is 1.62. The van der Waals surface area contributed by atoms with E-state index in [1.807, 2.05) is 35.9 Å². The number of carbonyl (C=O) groups is 1. The number of aromatic nitrogens is 3. The van der Waals surface area contributed by atoms with E-state index in [0.717, 1.165) is 16.3 Å². The minimum atomic E-state index is -0.327. The van der Waals surface area contributed by atoms with Crippen LogP contribution in [-0.2, 0) is 24.4 Å². The quantitative estimate of drug-likeness (QED) is 0.516.